The fraction of sp³-hybridized carbons (Fsp3) is 0.200. The Labute approximate surface area is 156 Å². The summed E-state index contributed by atoms with van der Waals surface area (Å²) in [7, 11) is 0. The highest BCUT2D eigenvalue weighted by Crippen LogP contribution is 2.25. The Hall–Kier alpha value is -3.32. The van der Waals surface area contributed by atoms with E-state index in [0.717, 1.165) is 11.1 Å². The van der Waals surface area contributed by atoms with Crippen LogP contribution in [0.25, 0.3) is 17.5 Å². The number of nitrogens with zero attached hydrogens (tertiary/aromatic N) is 4. The van der Waals surface area contributed by atoms with Crippen molar-refractivity contribution in [2.75, 3.05) is 19.8 Å². The van der Waals surface area contributed by atoms with Gasteiger partial charge in [0.2, 0.25) is 5.91 Å². The van der Waals surface area contributed by atoms with Gasteiger partial charge in [-0.1, -0.05) is 29.4 Å². The van der Waals surface area contributed by atoms with Crippen molar-refractivity contribution in [3.8, 4) is 11.5 Å². The molecule has 0 aliphatic carbocycles. The van der Waals surface area contributed by atoms with Crippen molar-refractivity contribution in [2.24, 2.45) is 0 Å². The lowest BCUT2D eigenvalue weighted by molar-refractivity contribution is -0.135. The summed E-state index contributed by atoms with van der Waals surface area (Å²) in [4.78, 5) is 22.9. The first-order chi connectivity index (χ1) is 13.3. The minimum Gasteiger partial charge on any atom is -0.377 e. The van der Waals surface area contributed by atoms with E-state index in [1.807, 2.05) is 42.5 Å². The Morgan fingerprint density at radius 1 is 1.19 bits per heavy atom. The average molecular weight is 362 g/mol. The molecule has 0 bridgehead atoms. The normalized spacial score (nSPS) is 17.3. The van der Waals surface area contributed by atoms with Crippen molar-refractivity contribution >= 4 is 12.0 Å². The molecule has 3 heterocycles. The van der Waals surface area contributed by atoms with Crippen molar-refractivity contribution in [1.82, 2.24) is 20.0 Å². The number of rotatable bonds is 4. The van der Waals surface area contributed by atoms with Gasteiger partial charge in [0.05, 0.1) is 13.2 Å². The van der Waals surface area contributed by atoms with Crippen LogP contribution in [0.3, 0.4) is 0 Å². The fourth-order valence-electron chi connectivity index (χ4n) is 2.89. The highest BCUT2D eigenvalue weighted by molar-refractivity contribution is 5.92. The van der Waals surface area contributed by atoms with E-state index in [9.17, 15) is 4.79 Å². The molecule has 136 valence electrons. The van der Waals surface area contributed by atoms with Gasteiger partial charge in [0.1, 0.15) is 6.04 Å². The lowest BCUT2D eigenvalue weighted by Crippen LogP contribution is -2.43. The van der Waals surface area contributed by atoms with Crippen LogP contribution < -0.4 is 0 Å². The van der Waals surface area contributed by atoms with Crippen molar-refractivity contribution < 1.29 is 14.1 Å². The first-order valence-corrected chi connectivity index (χ1v) is 8.67. The minimum absolute atomic E-state index is 0.127. The average Bonchev–Trinajstić information content (AvgIpc) is 3.23. The molecule has 27 heavy (non-hydrogen) atoms. The maximum Gasteiger partial charge on any atom is 0.257 e. The first-order valence-electron chi connectivity index (χ1n) is 8.67. The van der Waals surface area contributed by atoms with Crippen LogP contribution >= 0.6 is 0 Å². The number of pyridine rings is 1. The number of ether oxygens (including phenoxy) is 1. The maximum atomic E-state index is 12.7. The monoisotopic (exact) mass is 362 g/mol. The van der Waals surface area contributed by atoms with E-state index in [1.54, 1.807) is 23.4 Å². The molecule has 7 heteroatoms. The van der Waals surface area contributed by atoms with E-state index >= 15 is 0 Å². The molecular formula is C20H18N4O3. The van der Waals surface area contributed by atoms with E-state index in [1.165, 1.54) is 6.08 Å². The Balaban J connectivity index is 1.53. The van der Waals surface area contributed by atoms with Crippen LogP contribution in [0.1, 0.15) is 17.4 Å². The second-order valence-electron chi connectivity index (χ2n) is 6.07. The summed E-state index contributed by atoms with van der Waals surface area (Å²) in [6.45, 7) is 1.28. The first kappa shape index (κ1) is 17.1. The number of benzene rings is 1. The standard InChI is InChI=1S/C20H18N4O3/c25-18(9-8-15-5-4-10-21-13-15)24-11-12-26-14-17(24)19-22-20(27-23-19)16-6-2-1-3-7-16/h1-10,13,17H,11-12,14H2. The van der Waals surface area contributed by atoms with E-state index in [0.29, 0.717) is 31.5 Å². The number of hydrogen-bond acceptors (Lipinski definition) is 6. The zero-order chi connectivity index (χ0) is 18.5. The summed E-state index contributed by atoms with van der Waals surface area (Å²) < 4.78 is 10.9. The van der Waals surface area contributed by atoms with Gasteiger partial charge in [0.25, 0.3) is 5.89 Å². The molecule has 0 radical (unpaired) electrons. The topological polar surface area (TPSA) is 81.4 Å². The summed E-state index contributed by atoms with van der Waals surface area (Å²) >= 11 is 0. The third-order valence-corrected chi connectivity index (χ3v) is 4.27. The van der Waals surface area contributed by atoms with Crippen molar-refractivity contribution in [1.29, 1.82) is 0 Å². The quantitative estimate of drug-likeness (QED) is 0.664. The molecule has 7 nitrogen and oxygen atoms in total. The van der Waals surface area contributed by atoms with Crippen LogP contribution in [-0.4, -0.2) is 45.7 Å². The van der Waals surface area contributed by atoms with E-state index in [4.69, 9.17) is 9.26 Å². The zero-order valence-electron chi connectivity index (χ0n) is 14.6. The predicted octanol–water partition coefficient (Wildman–Crippen LogP) is 2.74. The van der Waals surface area contributed by atoms with Crippen LogP contribution in [0.4, 0.5) is 0 Å². The summed E-state index contributed by atoms with van der Waals surface area (Å²) in [5, 5.41) is 4.07. The molecule has 1 aromatic carbocycles. The molecule has 2 aromatic heterocycles. The summed E-state index contributed by atoms with van der Waals surface area (Å²) in [6.07, 6.45) is 6.67. The lowest BCUT2D eigenvalue weighted by Gasteiger charge is -2.32. The molecule has 3 aromatic rings. The SMILES string of the molecule is O=C(C=Cc1cccnc1)N1CCOCC1c1noc(-c2ccccc2)n1. The third kappa shape index (κ3) is 3.93. The third-order valence-electron chi connectivity index (χ3n) is 4.27. The largest absolute Gasteiger partial charge is 0.377 e. The van der Waals surface area contributed by atoms with Crippen molar-refractivity contribution in [2.45, 2.75) is 6.04 Å². The molecule has 1 aliphatic heterocycles. The second-order valence-corrected chi connectivity index (χ2v) is 6.07. The van der Waals surface area contributed by atoms with Crippen LogP contribution in [0, 0.1) is 0 Å². The van der Waals surface area contributed by atoms with Gasteiger partial charge in [-0.2, -0.15) is 4.98 Å². The number of amides is 1. The predicted molar refractivity (Wildman–Crippen MR) is 98.3 cm³/mol. The van der Waals surface area contributed by atoms with Crippen LogP contribution in [-0.2, 0) is 9.53 Å². The van der Waals surface area contributed by atoms with Gasteiger partial charge >= 0.3 is 0 Å². The van der Waals surface area contributed by atoms with Crippen LogP contribution in [0.15, 0.2) is 65.5 Å². The highest BCUT2D eigenvalue weighted by Gasteiger charge is 2.31. The number of carbonyl (C=O) groups is 1. The van der Waals surface area contributed by atoms with Crippen molar-refractivity contribution in [3.05, 3.63) is 72.3 Å². The Morgan fingerprint density at radius 3 is 2.89 bits per heavy atom. The summed E-state index contributed by atoms with van der Waals surface area (Å²) in [5.41, 5.74) is 1.70. The number of carbonyl (C=O) groups excluding carboxylic acids is 1. The lowest BCUT2D eigenvalue weighted by atomic mass is 10.2. The molecule has 1 fully saturated rings. The summed E-state index contributed by atoms with van der Waals surface area (Å²) in [5.74, 6) is 0.740. The molecule has 1 atom stereocenters. The number of aromatic nitrogens is 3. The van der Waals surface area contributed by atoms with E-state index in [2.05, 4.69) is 15.1 Å². The van der Waals surface area contributed by atoms with E-state index in [-0.39, 0.29) is 11.9 Å². The van der Waals surface area contributed by atoms with Gasteiger partial charge in [-0.3, -0.25) is 9.78 Å². The van der Waals surface area contributed by atoms with Gasteiger partial charge in [-0.25, -0.2) is 0 Å². The van der Waals surface area contributed by atoms with Gasteiger partial charge < -0.3 is 14.2 Å². The van der Waals surface area contributed by atoms with E-state index < -0.39 is 0 Å². The fourth-order valence-corrected chi connectivity index (χ4v) is 2.89. The maximum absolute atomic E-state index is 12.7. The number of hydrogen-bond donors (Lipinski definition) is 0. The van der Waals surface area contributed by atoms with Crippen LogP contribution in [0.2, 0.25) is 0 Å². The number of morpholine rings is 1. The highest BCUT2D eigenvalue weighted by atomic mass is 16.5. The second kappa shape index (κ2) is 7.92. The van der Waals surface area contributed by atoms with Crippen LogP contribution in [0.5, 0.6) is 0 Å². The smallest absolute Gasteiger partial charge is 0.257 e. The molecular weight excluding hydrogens is 344 g/mol. The molecule has 0 N–H and O–H groups in total. The molecule has 0 spiro atoms. The molecule has 0 saturated carbocycles. The Morgan fingerprint density at radius 2 is 2.07 bits per heavy atom. The Kier molecular flexibility index (Phi) is 5.02. The summed E-state index contributed by atoms with van der Waals surface area (Å²) in [6, 6.07) is 12.9. The van der Waals surface area contributed by atoms with Crippen molar-refractivity contribution in [3.63, 3.8) is 0 Å². The molecule has 1 unspecified atom stereocenters. The van der Waals surface area contributed by atoms with Gasteiger partial charge in [0.15, 0.2) is 5.82 Å². The zero-order valence-corrected chi connectivity index (χ0v) is 14.6. The molecule has 1 saturated heterocycles. The van der Waals surface area contributed by atoms with Gasteiger partial charge in [-0.05, 0) is 29.8 Å². The van der Waals surface area contributed by atoms with Gasteiger partial charge in [-0.15, -0.1) is 0 Å². The minimum atomic E-state index is -0.383. The molecule has 1 aliphatic rings. The molecule has 4 rings (SSSR count). The Bertz CT molecular complexity index is 925. The molecule has 1 amide bonds. The van der Waals surface area contributed by atoms with Gasteiger partial charge in [0, 0.05) is 30.6 Å².